The number of nitrogens with one attached hydrogen (secondary N) is 1. The number of carbonyl (C=O) groups excluding carboxylic acids is 1. The summed E-state index contributed by atoms with van der Waals surface area (Å²) in [6.45, 7) is 0.207. The van der Waals surface area contributed by atoms with Crippen molar-refractivity contribution in [3.8, 4) is 11.5 Å². The number of hydrogen-bond donors (Lipinski definition) is 1. The standard InChI is InChI=1S/C22H18F2N2O3/c23-20-11-6-17(12-21(20)24)13-25-26-22(27)15-29-19-9-7-18(8-10-19)28-14-16-4-2-1-3-5-16/h1-13H,14-15H2,(H,26,27)/b25-13+. The van der Waals surface area contributed by atoms with E-state index in [4.69, 9.17) is 9.47 Å². The van der Waals surface area contributed by atoms with Gasteiger partial charge in [-0.15, -0.1) is 0 Å². The zero-order valence-corrected chi connectivity index (χ0v) is 15.3. The lowest BCUT2D eigenvalue weighted by Crippen LogP contribution is -2.24. The molecule has 1 amide bonds. The molecule has 0 saturated heterocycles. The molecule has 29 heavy (non-hydrogen) atoms. The normalized spacial score (nSPS) is 10.7. The first-order chi connectivity index (χ1) is 14.1. The van der Waals surface area contributed by atoms with E-state index < -0.39 is 17.5 Å². The van der Waals surface area contributed by atoms with Crippen LogP contribution in [-0.4, -0.2) is 18.7 Å². The number of hydrogen-bond acceptors (Lipinski definition) is 4. The molecule has 0 aromatic heterocycles. The van der Waals surface area contributed by atoms with E-state index in [1.54, 1.807) is 24.3 Å². The predicted molar refractivity (Wildman–Crippen MR) is 105 cm³/mol. The molecule has 3 aromatic rings. The summed E-state index contributed by atoms with van der Waals surface area (Å²) in [4.78, 5) is 11.7. The van der Waals surface area contributed by atoms with Gasteiger partial charge in [0.15, 0.2) is 18.2 Å². The molecule has 7 heteroatoms. The molecule has 1 N–H and O–H groups in total. The minimum Gasteiger partial charge on any atom is -0.489 e. The van der Waals surface area contributed by atoms with Gasteiger partial charge < -0.3 is 9.47 Å². The van der Waals surface area contributed by atoms with Crippen LogP contribution >= 0.6 is 0 Å². The number of benzene rings is 3. The molecular weight excluding hydrogens is 378 g/mol. The maximum atomic E-state index is 13.1. The van der Waals surface area contributed by atoms with Gasteiger partial charge in [-0.2, -0.15) is 5.10 Å². The molecule has 0 aliphatic heterocycles. The molecule has 0 unspecified atom stereocenters. The molecule has 3 aromatic carbocycles. The van der Waals surface area contributed by atoms with Crippen LogP contribution < -0.4 is 14.9 Å². The first-order valence-electron chi connectivity index (χ1n) is 8.77. The maximum Gasteiger partial charge on any atom is 0.277 e. The molecule has 0 spiro atoms. The minimum atomic E-state index is -0.986. The summed E-state index contributed by atoms with van der Waals surface area (Å²) in [5, 5.41) is 3.68. The second-order valence-corrected chi connectivity index (χ2v) is 6.00. The Morgan fingerprint density at radius 3 is 2.28 bits per heavy atom. The first kappa shape index (κ1) is 20.0. The van der Waals surface area contributed by atoms with Gasteiger partial charge in [0.25, 0.3) is 5.91 Å². The fourth-order valence-electron chi connectivity index (χ4n) is 2.33. The van der Waals surface area contributed by atoms with E-state index in [1.807, 2.05) is 30.3 Å². The van der Waals surface area contributed by atoms with E-state index in [0.29, 0.717) is 23.7 Å². The fraction of sp³-hybridized carbons (Fsp3) is 0.0909. The van der Waals surface area contributed by atoms with Gasteiger partial charge in [0, 0.05) is 0 Å². The van der Waals surface area contributed by atoms with Gasteiger partial charge in [0.05, 0.1) is 6.21 Å². The van der Waals surface area contributed by atoms with Crippen LogP contribution in [0.5, 0.6) is 11.5 Å². The Balaban J connectivity index is 1.41. The van der Waals surface area contributed by atoms with Crippen molar-refractivity contribution in [2.75, 3.05) is 6.61 Å². The van der Waals surface area contributed by atoms with Crippen molar-refractivity contribution < 1.29 is 23.0 Å². The quantitative estimate of drug-likeness (QED) is 0.461. The van der Waals surface area contributed by atoms with Crippen LogP contribution in [0.2, 0.25) is 0 Å². The van der Waals surface area contributed by atoms with Crippen LogP contribution in [0, 0.1) is 11.6 Å². The number of halogens is 2. The van der Waals surface area contributed by atoms with Crippen LogP contribution in [0.1, 0.15) is 11.1 Å². The van der Waals surface area contributed by atoms with E-state index in [-0.39, 0.29) is 6.61 Å². The van der Waals surface area contributed by atoms with Gasteiger partial charge >= 0.3 is 0 Å². The number of hydrazone groups is 1. The molecule has 0 heterocycles. The van der Waals surface area contributed by atoms with Crippen LogP contribution in [0.3, 0.4) is 0 Å². The number of rotatable bonds is 8. The predicted octanol–water partition coefficient (Wildman–Crippen LogP) is 4.07. The van der Waals surface area contributed by atoms with Crippen LogP contribution in [0.25, 0.3) is 0 Å². The van der Waals surface area contributed by atoms with E-state index in [9.17, 15) is 13.6 Å². The Bertz CT molecular complexity index is 977. The fourth-order valence-corrected chi connectivity index (χ4v) is 2.33. The second kappa shape index (κ2) is 9.98. The largest absolute Gasteiger partial charge is 0.489 e. The number of ether oxygens (including phenoxy) is 2. The highest BCUT2D eigenvalue weighted by molar-refractivity contribution is 5.82. The molecule has 0 atom stereocenters. The van der Waals surface area contributed by atoms with Gasteiger partial charge in [0.2, 0.25) is 0 Å². The summed E-state index contributed by atoms with van der Waals surface area (Å²) < 4.78 is 37.0. The summed E-state index contributed by atoms with van der Waals surface area (Å²) in [5.74, 6) is -1.25. The smallest absolute Gasteiger partial charge is 0.277 e. The Hall–Kier alpha value is -3.74. The summed E-state index contributed by atoms with van der Waals surface area (Å²) in [6, 6.07) is 20.0. The molecule has 148 valence electrons. The van der Waals surface area contributed by atoms with Crippen LogP contribution in [0.4, 0.5) is 8.78 Å². The second-order valence-electron chi connectivity index (χ2n) is 6.00. The van der Waals surface area contributed by atoms with E-state index in [2.05, 4.69) is 10.5 Å². The lowest BCUT2D eigenvalue weighted by atomic mass is 10.2. The lowest BCUT2D eigenvalue weighted by Gasteiger charge is -2.08. The summed E-state index contributed by atoms with van der Waals surface area (Å²) >= 11 is 0. The Kier molecular flexibility index (Phi) is 6.89. The average Bonchev–Trinajstić information content (AvgIpc) is 2.75. The Labute approximate surface area is 166 Å². The highest BCUT2D eigenvalue weighted by Crippen LogP contribution is 2.18. The van der Waals surface area contributed by atoms with Crippen molar-refractivity contribution >= 4 is 12.1 Å². The van der Waals surface area contributed by atoms with E-state index in [1.165, 1.54) is 12.3 Å². The Morgan fingerprint density at radius 1 is 0.897 bits per heavy atom. The van der Waals surface area contributed by atoms with E-state index in [0.717, 1.165) is 17.7 Å². The van der Waals surface area contributed by atoms with Gasteiger partial charge in [0.1, 0.15) is 18.1 Å². The van der Waals surface area contributed by atoms with Crippen molar-refractivity contribution in [3.63, 3.8) is 0 Å². The number of carbonyl (C=O) groups is 1. The molecule has 5 nitrogen and oxygen atoms in total. The highest BCUT2D eigenvalue weighted by atomic mass is 19.2. The first-order valence-corrected chi connectivity index (χ1v) is 8.77. The number of nitrogens with zero attached hydrogens (tertiary/aromatic N) is 1. The molecular formula is C22H18F2N2O3. The van der Waals surface area contributed by atoms with Crippen LogP contribution in [0.15, 0.2) is 77.9 Å². The molecule has 3 rings (SSSR count). The van der Waals surface area contributed by atoms with Gasteiger partial charge in [-0.3, -0.25) is 4.79 Å². The number of amides is 1. The summed E-state index contributed by atoms with van der Waals surface area (Å²) in [7, 11) is 0. The van der Waals surface area contributed by atoms with E-state index >= 15 is 0 Å². The summed E-state index contributed by atoms with van der Waals surface area (Å²) in [6.07, 6.45) is 1.21. The van der Waals surface area contributed by atoms with Gasteiger partial charge in [-0.1, -0.05) is 36.4 Å². The third-order valence-corrected chi connectivity index (χ3v) is 3.79. The summed E-state index contributed by atoms with van der Waals surface area (Å²) in [5.41, 5.74) is 3.63. The van der Waals surface area contributed by atoms with Gasteiger partial charge in [-0.25, -0.2) is 14.2 Å². The molecule has 0 aliphatic rings. The van der Waals surface area contributed by atoms with Crippen LogP contribution in [-0.2, 0) is 11.4 Å². The molecule has 0 saturated carbocycles. The third-order valence-electron chi connectivity index (χ3n) is 3.79. The lowest BCUT2D eigenvalue weighted by molar-refractivity contribution is -0.123. The maximum absolute atomic E-state index is 13.1. The molecule has 0 aliphatic carbocycles. The zero-order chi connectivity index (χ0) is 20.5. The van der Waals surface area contributed by atoms with Crippen molar-refractivity contribution in [2.45, 2.75) is 6.61 Å². The molecule has 0 bridgehead atoms. The zero-order valence-electron chi connectivity index (χ0n) is 15.3. The SMILES string of the molecule is O=C(COc1ccc(OCc2ccccc2)cc1)N/N=C/c1ccc(F)c(F)c1. The van der Waals surface area contributed by atoms with Crippen molar-refractivity contribution in [2.24, 2.45) is 5.10 Å². The highest BCUT2D eigenvalue weighted by Gasteiger charge is 2.03. The third kappa shape index (κ3) is 6.42. The van der Waals surface area contributed by atoms with Gasteiger partial charge in [-0.05, 0) is 47.5 Å². The molecule has 0 radical (unpaired) electrons. The topological polar surface area (TPSA) is 59.9 Å². The van der Waals surface area contributed by atoms with Crippen molar-refractivity contribution in [1.82, 2.24) is 5.43 Å². The average molecular weight is 396 g/mol. The van der Waals surface area contributed by atoms with Crippen molar-refractivity contribution in [1.29, 1.82) is 0 Å². The minimum absolute atomic E-state index is 0.251. The monoisotopic (exact) mass is 396 g/mol. The Morgan fingerprint density at radius 2 is 1.59 bits per heavy atom. The van der Waals surface area contributed by atoms with Crippen molar-refractivity contribution in [3.05, 3.63) is 95.6 Å². The molecule has 0 fully saturated rings.